The number of anilines is 2. The fourth-order valence-corrected chi connectivity index (χ4v) is 6.19. The molecule has 0 atom stereocenters. The highest BCUT2D eigenvalue weighted by atomic mass is 19.1. The van der Waals surface area contributed by atoms with Gasteiger partial charge >= 0.3 is 6.03 Å². The minimum atomic E-state index is -0.517. The van der Waals surface area contributed by atoms with E-state index in [9.17, 15) is 14.7 Å². The molecule has 4 aromatic rings. The maximum absolute atomic E-state index is 15.1. The Morgan fingerprint density at radius 3 is 2.04 bits per heavy atom. The van der Waals surface area contributed by atoms with Crippen LogP contribution in [0, 0.1) is 5.82 Å². The lowest BCUT2D eigenvalue weighted by Crippen LogP contribution is -2.49. The molecule has 8 heteroatoms. The number of hydrogen-bond acceptors (Lipinski definition) is 5. The molecule has 4 aromatic carbocycles. The van der Waals surface area contributed by atoms with Gasteiger partial charge in [-0.3, -0.25) is 19.9 Å². The lowest BCUT2D eigenvalue weighted by atomic mass is 9.88. The molecule has 0 unspecified atom stereocenters. The van der Waals surface area contributed by atoms with E-state index in [1.165, 1.54) is 22.1 Å². The third-order valence-corrected chi connectivity index (χ3v) is 8.62. The number of urea groups is 1. The van der Waals surface area contributed by atoms with Gasteiger partial charge in [-0.1, -0.05) is 67.6 Å². The normalized spacial score (nSPS) is 16.4. The maximum atomic E-state index is 15.1. The summed E-state index contributed by atoms with van der Waals surface area (Å²) in [7, 11) is 0. The van der Waals surface area contributed by atoms with Crippen molar-refractivity contribution in [3.8, 4) is 5.75 Å². The summed E-state index contributed by atoms with van der Waals surface area (Å²) in [5, 5.41) is 12.2. The number of nitrogens with zero attached hydrogens (tertiary/aromatic N) is 3. The van der Waals surface area contributed by atoms with Crippen LogP contribution in [0.1, 0.15) is 42.0 Å². The average Bonchev–Trinajstić information content (AvgIpc) is 3.06. The Morgan fingerprint density at radius 1 is 0.778 bits per heavy atom. The number of rotatable bonds is 8. The van der Waals surface area contributed by atoms with E-state index in [1.54, 1.807) is 24.3 Å². The number of aromatic hydroxyl groups is 1. The molecule has 230 valence electrons. The van der Waals surface area contributed by atoms with Gasteiger partial charge in [-0.15, -0.1) is 0 Å². The number of carbonyl (C=O) groups is 2. The zero-order valence-corrected chi connectivity index (χ0v) is 25.4. The monoisotopic (exact) mass is 604 g/mol. The Bertz CT molecular complexity index is 1700. The molecule has 0 spiro atoms. The van der Waals surface area contributed by atoms with Crippen molar-refractivity contribution in [2.24, 2.45) is 0 Å². The molecule has 2 heterocycles. The second kappa shape index (κ2) is 13.4. The highest BCUT2D eigenvalue weighted by molar-refractivity contribution is 6.05. The molecule has 2 saturated heterocycles. The summed E-state index contributed by atoms with van der Waals surface area (Å²) in [5.41, 5.74) is 7.95. The van der Waals surface area contributed by atoms with Crippen molar-refractivity contribution in [3.05, 3.63) is 125 Å². The maximum Gasteiger partial charge on any atom is 0.328 e. The number of nitrogens with one attached hydrogen (secondary N) is 1. The number of hydrogen-bond donors (Lipinski definition) is 2. The first-order valence-corrected chi connectivity index (χ1v) is 15.4. The molecule has 6 rings (SSSR count). The predicted molar refractivity (Wildman–Crippen MR) is 177 cm³/mol. The number of benzene rings is 4. The topological polar surface area (TPSA) is 76.1 Å². The van der Waals surface area contributed by atoms with Crippen LogP contribution in [0.25, 0.3) is 11.1 Å². The minimum Gasteiger partial charge on any atom is -0.508 e. The Labute approximate surface area is 263 Å². The highest BCUT2D eigenvalue weighted by Gasteiger charge is 2.25. The molecule has 2 fully saturated rings. The first kappa shape index (κ1) is 30.1. The predicted octanol–water partition coefficient (Wildman–Crippen LogP) is 6.67. The second-order valence-corrected chi connectivity index (χ2v) is 11.5. The number of phenolic OH excluding ortho intramolecular Hbond substituents is 1. The van der Waals surface area contributed by atoms with Crippen LogP contribution in [0.2, 0.25) is 0 Å². The Balaban J connectivity index is 1.14. The van der Waals surface area contributed by atoms with Gasteiger partial charge in [0.25, 0.3) is 0 Å². The van der Waals surface area contributed by atoms with Crippen LogP contribution in [0.15, 0.2) is 97.1 Å². The average molecular weight is 605 g/mol. The summed E-state index contributed by atoms with van der Waals surface area (Å²) in [6.45, 7) is 6.15. The number of imide groups is 1. The van der Waals surface area contributed by atoms with Crippen LogP contribution >= 0.6 is 0 Å². The number of carbonyl (C=O) groups excluding carboxylic acids is 2. The van der Waals surface area contributed by atoms with E-state index in [0.29, 0.717) is 17.8 Å². The van der Waals surface area contributed by atoms with E-state index in [2.05, 4.69) is 70.6 Å². The van der Waals surface area contributed by atoms with Gasteiger partial charge in [0.15, 0.2) is 0 Å². The molecule has 0 aliphatic carbocycles. The van der Waals surface area contributed by atoms with E-state index >= 15 is 4.39 Å². The number of halogens is 1. The fourth-order valence-electron chi connectivity index (χ4n) is 6.19. The number of piperazine rings is 1. The van der Waals surface area contributed by atoms with Crippen molar-refractivity contribution in [1.29, 1.82) is 0 Å². The molecule has 2 aliphatic rings. The molecule has 0 aromatic heterocycles. The van der Waals surface area contributed by atoms with E-state index in [1.807, 2.05) is 18.2 Å². The quantitative estimate of drug-likeness (QED) is 0.220. The molecule has 3 amide bonds. The Hall–Kier alpha value is -4.95. The van der Waals surface area contributed by atoms with Gasteiger partial charge < -0.3 is 10.0 Å². The van der Waals surface area contributed by atoms with E-state index < -0.39 is 6.03 Å². The molecule has 45 heavy (non-hydrogen) atoms. The smallest absolute Gasteiger partial charge is 0.328 e. The van der Waals surface area contributed by atoms with Crippen molar-refractivity contribution < 1.29 is 19.1 Å². The van der Waals surface area contributed by atoms with Crippen molar-refractivity contribution in [2.75, 3.05) is 42.5 Å². The number of allylic oxidation sites excluding steroid dienone is 1. The summed E-state index contributed by atoms with van der Waals surface area (Å²) in [5.74, 6) is -0.419. The van der Waals surface area contributed by atoms with Crippen LogP contribution in [0.5, 0.6) is 5.75 Å². The molecule has 0 bridgehead atoms. The van der Waals surface area contributed by atoms with Gasteiger partial charge in [0, 0.05) is 62.6 Å². The zero-order chi connectivity index (χ0) is 31.3. The molecule has 2 aliphatic heterocycles. The lowest BCUT2D eigenvalue weighted by molar-refractivity contribution is -0.120. The van der Waals surface area contributed by atoms with Crippen molar-refractivity contribution in [1.82, 2.24) is 10.2 Å². The van der Waals surface area contributed by atoms with Gasteiger partial charge in [0.2, 0.25) is 5.91 Å². The highest BCUT2D eigenvalue weighted by Crippen LogP contribution is 2.36. The van der Waals surface area contributed by atoms with Gasteiger partial charge in [-0.2, -0.15) is 0 Å². The fraction of sp³-hybridized carbons (Fsp3) is 0.243. The molecule has 2 N–H and O–H groups in total. The zero-order valence-electron chi connectivity index (χ0n) is 25.4. The van der Waals surface area contributed by atoms with Crippen LogP contribution in [-0.4, -0.2) is 54.7 Å². The van der Waals surface area contributed by atoms with Crippen LogP contribution in [0.3, 0.4) is 0 Å². The van der Waals surface area contributed by atoms with Gasteiger partial charge in [-0.25, -0.2) is 9.18 Å². The van der Waals surface area contributed by atoms with Crippen molar-refractivity contribution >= 4 is 34.5 Å². The number of phenols is 1. The first-order valence-electron chi connectivity index (χ1n) is 15.4. The van der Waals surface area contributed by atoms with Gasteiger partial charge in [0.05, 0.1) is 0 Å². The minimum absolute atomic E-state index is 0.200. The molecule has 0 saturated carbocycles. The van der Waals surface area contributed by atoms with Crippen LogP contribution in [-0.2, 0) is 11.3 Å². The van der Waals surface area contributed by atoms with Crippen molar-refractivity contribution in [2.45, 2.75) is 26.3 Å². The lowest BCUT2D eigenvalue weighted by Gasteiger charge is -2.36. The molecule has 0 radical (unpaired) electrons. The van der Waals surface area contributed by atoms with E-state index in [0.717, 1.165) is 55.0 Å². The molecular weight excluding hydrogens is 567 g/mol. The SMILES string of the molecule is CCC(=C(c1ccc(O)cc1)c1ccc(N2CCN(Cc3ccc(N4CCC(=O)NC4=O)cc3F)CC2)cc1)c1ccccc1. The van der Waals surface area contributed by atoms with Crippen LogP contribution < -0.4 is 15.1 Å². The Kier molecular flexibility index (Phi) is 8.93. The molecular formula is C37H37FN4O3. The summed E-state index contributed by atoms with van der Waals surface area (Å²) in [4.78, 5) is 29.6. The standard InChI is InChI=1S/C37H37FN4O3/c1-2-33(26-6-4-3-5-7-26)36(28-11-16-32(43)17-12-28)27-8-13-30(14-9-27)41-22-20-40(21-23-41)25-29-10-15-31(24-34(29)38)42-19-18-35(44)39-37(42)45/h3-17,24,43H,2,18-23,25H2,1H3,(H,39,44,45). The van der Waals surface area contributed by atoms with Crippen molar-refractivity contribution in [3.63, 3.8) is 0 Å². The summed E-state index contributed by atoms with van der Waals surface area (Å²) < 4.78 is 15.1. The van der Waals surface area contributed by atoms with E-state index in [4.69, 9.17) is 0 Å². The van der Waals surface area contributed by atoms with Gasteiger partial charge in [0.1, 0.15) is 11.6 Å². The largest absolute Gasteiger partial charge is 0.508 e. The van der Waals surface area contributed by atoms with Crippen LogP contribution in [0.4, 0.5) is 20.6 Å². The second-order valence-electron chi connectivity index (χ2n) is 11.5. The summed E-state index contributed by atoms with van der Waals surface area (Å²) in [6, 6.07) is 30.9. The van der Waals surface area contributed by atoms with E-state index in [-0.39, 0.29) is 30.4 Å². The third kappa shape index (κ3) is 6.76. The first-order chi connectivity index (χ1) is 21.9. The Morgan fingerprint density at radius 2 is 1.42 bits per heavy atom. The summed E-state index contributed by atoms with van der Waals surface area (Å²) >= 11 is 0. The molecule has 7 nitrogen and oxygen atoms in total. The number of amides is 3. The third-order valence-electron chi connectivity index (χ3n) is 8.62. The van der Waals surface area contributed by atoms with Gasteiger partial charge in [-0.05, 0) is 70.7 Å². The summed E-state index contributed by atoms with van der Waals surface area (Å²) in [6.07, 6.45) is 1.06.